The van der Waals surface area contributed by atoms with E-state index in [9.17, 15) is 14.6 Å². The molecule has 0 aliphatic carbocycles. The van der Waals surface area contributed by atoms with Crippen LogP contribution in [0.15, 0.2) is 42.6 Å². The highest BCUT2D eigenvalue weighted by Crippen LogP contribution is 2.25. The van der Waals surface area contributed by atoms with Crippen LogP contribution in [-0.4, -0.2) is 15.2 Å². The SMILES string of the molecule is CC(O)(Cc1cccc(O)c1)c1ccc(F)cn1. The maximum atomic E-state index is 12.8. The number of aliphatic hydroxyl groups is 1. The topological polar surface area (TPSA) is 53.4 Å². The van der Waals surface area contributed by atoms with Gasteiger partial charge in [0, 0.05) is 6.42 Å². The van der Waals surface area contributed by atoms with Crippen LogP contribution in [0.3, 0.4) is 0 Å². The van der Waals surface area contributed by atoms with Crippen molar-refractivity contribution in [2.45, 2.75) is 18.9 Å². The minimum absolute atomic E-state index is 0.148. The first-order valence-electron chi connectivity index (χ1n) is 5.60. The van der Waals surface area contributed by atoms with E-state index in [1.807, 2.05) is 0 Å². The van der Waals surface area contributed by atoms with Gasteiger partial charge in [0.1, 0.15) is 17.2 Å². The number of halogens is 1. The number of hydrogen-bond acceptors (Lipinski definition) is 3. The zero-order chi connectivity index (χ0) is 13.2. The third-order valence-corrected chi connectivity index (χ3v) is 2.74. The lowest BCUT2D eigenvalue weighted by atomic mass is 9.92. The summed E-state index contributed by atoms with van der Waals surface area (Å²) in [6, 6.07) is 9.38. The van der Waals surface area contributed by atoms with Crippen molar-refractivity contribution in [2.24, 2.45) is 0 Å². The van der Waals surface area contributed by atoms with Crippen LogP contribution < -0.4 is 0 Å². The maximum absolute atomic E-state index is 12.8. The van der Waals surface area contributed by atoms with Crippen molar-refractivity contribution >= 4 is 0 Å². The van der Waals surface area contributed by atoms with Crippen molar-refractivity contribution in [3.05, 3.63) is 59.7 Å². The highest BCUT2D eigenvalue weighted by Gasteiger charge is 2.25. The summed E-state index contributed by atoms with van der Waals surface area (Å²) >= 11 is 0. The van der Waals surface area contributed by atoms with Crippen molar-refractivity contribution < 1.29 is 14.6 Å². The second kappa shape index (κ2) is 4.74. The molecule has 1 heterocycles. The van der Waals surface area contributed by atoms with Crippen LogP contribution in [0.2, 0.25) is 0 Å². The summed E-state index contributed by atoms with van der Waals surface area (Å²) in [5.41, 5.74) is -0.0278. The van der Waals surface area contributed by atoms with E-state index in [0.717, 1.165) is 11.8 Å². The molecule has 94 valence electrons. The highest BCUT2D eigenvalue weighted by molar-refractivity contribution is 5.29. The summed E-state index contributed by atoms with van der Waals surface area (Å²) in [5.74, 6) is -0.290. The van der Waals surface area contributed by atoms with Crippen molar-refractivity contribution in [1.82, 2.24) is 4.98 Å². The molecule has 0 saturated heterocycles. The molecule has 0 amide bonds. The standard InChI is InChI=1S/C14H14FNO2/c1-14(18,13-6-5-11(15)9-16-13)8-10-3-2-4-12(17)7-10/h2-7,9,17-18H,8H2,1H3. The summed E-state index contributed by atoms with van der Waals surface area (Å²) in [7, 11) is 0. The monoisotopic (exact) mass is 247 g/mol. The van der Waals surface area contributed by atoms with Crippen LogP contribution >= 0.6 is 0 Å². The molecular weight excluding hydrogens is 233 g/mol. The average Bonchev–Trinajstić information content (AvgIpc) is 2.29. The van der Waals surface area contributed by atoms with Crippen molar-refractivity contribution in [2.75, 3.05) is 0 Å². The smallest absolute Gasteiger partial charge is 0.141 e. The highest BCUT2D eigenvalue weighted by atomic mass is 19.1. The molecule has 0 fully saturated rings. The van der Waals surface area contributed by atoms with Crippen molar-refractivity contribution in [1.29, 1.82) is 0 Å². The van der Waals surface area contributed by atoms with E-state index in [4.69, 9.17) is 0 Å². The average molecular weight is 247 g/mol. The van der Waals surface area contributed by atoms with Crippen molar-refractivity contribution in [3.63, 3.8) is 0 Å². The van der Waals surface area contributed by atoms with E-state index in [2.05, 4.69) is 4.98 Å². The van der Waals surface area contributed by atoms with Gasteiger partial charge in [-0.2, -0.15) is 0 Å². The predicted molar refractivity (Wildman–Crippen MR) is 65.6 cm³/mol. The molecule has 4 heteroatoms. The molecule has 1 unspecified atom stereocenters. The molecule has 0 aliphatic rings. The number of phenolic OH excluding ortho intramolecular Hbond substituents is 1. The van der Waals surface area contributed by atoms with Gasteiger partial charge >= 0.3 is 0 Å². The van der Waals surface area contributed by atoms with Crippen LogP contribution in [0.5, 0.6) is 5.75 Å². The zero-order valence-corrected chi connectivity index (χ0v) is 9.97. The van der Waals surface area contributed by atoms with E-state index in [1.54, 1.807) is 31.2 Å². The number of nitrogens with zero attached hydrogens (tertiary/aromatic N) is 1. The van der Waals surface area contributed by atoms with E-state index < -0.39 is 11.4 Å². The van der Waals surface area contributed by atoms with Crippen LogP contribution in [0.1, 0.15) is 18.2 Å². The van der Waals surface area contributed by atoms with Gasteiger partial charge in [-0.25, -0.2) is 4.39 Å². The van der Waals surface area contributed by atoms with Gasteiger partial charge < -0.3 is 10.2 Å². The lowest BCUT2D eigenvalue weighted by Crippen LogP contribution is -2.25. The number of pyridine rings is 1. The van der Waals surface area contributed by atoms with Gasteiger partial charge in [0.05, 0.1) is 11.9 Å². The minimum Gasteiger partial charge on any atom is -0.508 e. The summed E-state index contributed by atoms with van der Waals surface area (Å²) < 4.78 is 12.8. The molecule has 0 bridgehead atoms. The largest absolute Gasteiger partial charge is 0.508 e. The first kappa shape index (κ1) is 12.5. The number of aromatic nitrogens is 1. The summed E-state index contributed by atoms with van der Waals surface area (Å²) in [4.78, 5) is 3.88. The van der Waals surface area contributed by atoms with E-state index in [1.165, 1.54) is 12.1 Å². The van der Waals surface area contributed by atoms with Gasteiger partial charge in [-0.15, -0.1) is 0 Å². The minimum atomic E-state index is -1.21. The number of rotatable bonds is 3. The molecule has 0 spiro atoms. The number of benzene rings is 1. The number of hydrogen-bond donors (Lipinski definition) is 2. The lowest BCUT2D eigenvalue weighted by Gasteiger charge is -2.22. The fraction of sp³-hybridized carbons (Fsp3) is 0.214. The molecule has 1 aromatic heterocycles. The molecular formula is C14H14FNO2. The molecule has 3 nitrogen and oxygen atoms in total. The Kier molecular flexibility index (Phi) is 3.30. The van der Waals surface area contributed by atoms with Gasteiger partial charge in [0.15, 0.2) is 0 Å². The van der Waals surface area contributed by atoms with Gasteiger partial charge in [0.2, 0.25) is 0 Å². The molecule has 2 aromatic rings. The first-order valence-corrected chi connectivity index (χ1v) is 5.60. The van der Waals surface area contributed by atoms with Gasteiger partial charge in [0.25, 0.3) is 0 Å². The molecule has 1 aromatic carbocycles. The number of phenols is 1. The van der Waals surface area contributed by atoms with Crippen molar-refractivity contribution in [3.8, 4) is 5.75 Å². The first-order chi connectivity index (χ1) is 8.47. The molecule has 0 saturated carbocycles. The fourth-order valence-corrected chi connectivity index (χ4v) is 1.85. The Hall–Kier alpha value is -1.94. The normalized spacial score (nSPS) is 14.2. The Bertz CT molecular complexity index is 538. The molecule has 1 atom stereocenters. The van der Waals surface area contributed by atoms with E-state index >= 15 is 0 Å². The van der Waals surface area contributed by atoms with Gasteiger partial charge in [-0.3, -0.25) is 4.98 Å². The lowest BCUT2D eigenvalue weighted by molar-refractivity contribution is 0.0529. The number of aromatic hydroxyl groups is 1. The Morgan fingerprint density at radius 1 is 1.28 bits per heavy atom. The second-order valence-electron chi connectivity index (χ2n) is 4.48. The Balaban J connectivity index is 2.23. The molecule has 2 N–H and O–H groups in total. The van der Waals surface area contributed by atoms with Gasteiger partial charge in [-0.05, 0) is 36.8 Å². The Morgan fingerprint density at radius 3 is 2.67 bits per heavy atom. The van der Waals surface area contributed by atoms with Crippen LogP contribution in [-0.2, 0) is 12.0 Å². The maximum Gasteiger partial charge on any atom is 0.141 e. The quantitative estimate of drug-likeness (QED) is 0.875. The van der Waals surface area contributed by atoms with Crippen LogP contribution in [0, 0.1) is 5.82 Å². The van der Waals surface area contributed by atoms with E-state index in [-0.39, 0.29) is 5.75 Å². The summed E-state index contributed by atoms with van der Waals surface area (Å²) in [6.07, 6.45) is 1.37. The third-order valence-electron chi connectivity index (χ3n) is 2.74. The van der Waals surface area contributed by atoms with Crippen LogP contribution in [0.25, 0.3) is 0 Å². The van der Waals surface area contributed by atoms with E-state index in [0.29, 0.717) is 12.1 Å². The molecule has 18 heavy (non-hydrogen) atoms. The Labute approximate surface area is 105 Å². The fourth-order valence-electron chi connectivity index (χ4n) is 1.85. The zero-order valence-electron chi connectivity index (χ0n) is 9.97. The Morgan fingerprint density at radius 2 is 2.06 bits per heavy atom. The van der Waals surface area contributed by atoms with Crippen LogP contribution in [0.4, 0.5) is 4.39 Å². The summed E-state index contributed by atoms with van der Waals surface area (Å²) in [5, 5.41) is 19.7. The molecule has 2 rings (SSSR count). The second-order valence-corrected chi connectivity index (χ2v) is 4.48. The molecule has 0 aliphatic heterocycles. The summed E-state index contributed by atoms with van der Waals surface area (Å²) in [6.45, 7) is 1.61. The molecule has 0 radical (unpaired) electrons. The predicted octanol–water partition coefficient (Wildman–Crippen LogP) is 2.38. The van der Waals surface area contributed by atoms with Gasteiger partial charge in [-0.1, -0.05) is 12.1 Å². The third kappa shape index (κ3) is 2.84.